The lowest BCUT2D eigenvalue weighted by Crippen LogP contribution is -2.42. The van der Waals surface area contributed by atoms with E-state index in [9.17, 15) is 4.79 Å². The average Bonchev–Trinajstić information content (AvgIpc) is 2.44. The predicted octanol–water partition coefficient (Wildman–Crippen LogP) is 2.55. The molecule has 2 N–H and O–H groups in total. The molecular weight excluding hydrogens is 264 g/mol. The van der Waals surface area contributed by atoms with Crippen LogP contribution in [0.2, 0.25) is 0 Å². The highest BCUT2D eigenvalue weighted by molar-refractivity contribution is 5.74. The lowest BCUT2D eigenvalue weighted by atomic mass is 9.86. The highest BCUT2D eigenvalue weighted by Gasteiger charge is 2.13. The van der Waals surface area contributed by atoms with Crippen molar-refractivity contribution in [1.29, 1.82) is 0 Å². The number of likely N-dealkylation sites (N-methyl/N-ethyl adjacent to an activating group) is 1. The molecule has 2 amide bonds. The molecule has 1 aromatic rings. The number of urea groups is 1. The van der Waals surface area contributed by atoms with Gasteiger partial charge in [0.05, 0.1) is 6.61 Å². The maximum absolute atomic E-state index is 11.8. The SMILES string of the molecule is CCN(CCO)C(=O)NCCc1ccc(C(C)(C)C)cc1. The van der Waals surface area contributed by atoms with Crippen molar-refractivity contribution >= 4 is 6.03 Å². The van der Waals surface area contributed by atoms with Crippen LogP contribution in [0.5, 0.6) is 0 Å². The second kappa shape index (κ2) is 8.03. The number of rotatable bonds is 6. The van der Waals surface area contributed by atoms with Crippen molar-refractivity contribution in [1.82, 2.24) is 10.2 Å². The minimum atomic E-state index is -0.113. The second-order valence-corrected chi connectivity index (χ2v) is 6.23. The number of aliphatic hydroxyl groups excluding tert-OH is 1. The molecule has 0 aliphatic heterocycles. The van der Waals surface area contributed by atoms with Gasteiger partial charge in [-0.3, -0.25) is 0 Å². The molecule has 4 heteroatoms. The fourth-order valence-corrected chi connectivity index (χ4v) is 2.12. The molecule has 0 radical (unpaired) electrons. The van der Waals surface area contributed by atoms with Crippen LogP contribution in [-0.2, 0) is 11.8 Å². The van der Waals surface area contributed by atoms with Gasteiger partial charge < -0.3 is 15.3 Å². The number of aliphatic hydroxyl groups is 1. The number of hydrogen-bond donors (Lipinski definition) is 2. The zero-order valence-corrected chi connectivity index (χ0v) is 13.6. The first kappa shape index (κ1) is 17.5. The highest BCUT2D eigenvalue weighted by atomic mass is 16.3. The first-order valence-electron chi connectivity index (χ1n) is 7.61. The summed E-state index contributed by atoms with van der Waals surface area (Å²) in [6.07, 6.45) is 0.812. The molecule has 0 spiro atoms. The Bertz CT molecular complexity index is 435. The van der Waals surface area contributed by atoms with E-state index >= 15 is 0 Å². The summed E-state index contributed by atoms with van der Waals surface area (Å²) in [6.45, 7) is 10.1. The third-order valence-electron chi connectivity index (χ3n) is 3.55. The normalized spacial score (nSPS) is 11.3. The minimum Gasteiger partial charge on any atom is -0.395 e. The van der Waals surface area contributed by atoms with Crippen LogP contribution < -0.4 is 5.32 Å². The first-order valence-corrected chi connectivity index (χ1v) is 7.61. The molecular formula is C17H28N2O2. The Labute approximate surface area is 128 Å². The molecule has 0 atom stereocenters. The molecule has 0 aliphatic rings. The molecule has 4 nitrogen and oxygen atoms in total. The molecule has 118 valence electrons. The molecule has 21 heavy (non-hydrogen) atoms. The zero-order chi connectivity index (χ0) is 15.9. The minimum absolute atomic E-state index is 0.00444. The number of nitrogens with zero attached hydrogens (tertiary/aromatic N) is 1. The van der Waals surface area contributed by atoms with Crippen LogP contribution in [0.1, 0.15) is 38.8 Å². The molecule has 0 aliphatic carbocycles. The van der Waals surface area contributed by atoms with E-state index in [2.05, 4.69) is 50.4 Å². The van der Waals surface area contributed by atoms with Crippen LogP contribution in [0.25, 0.3) is 0 Å². The average molecular weight is 292 g/mol. The smallest absolute Gasteiger partial charge is 0.317 e. The lowest BCUT2D eigenvalue weighted by Gasteiger charge is -2.20. The number of carbonyl (C=O) groups excluding carboxylic acids is 1. The summed E-state index contributed by atoms with van der Waals surface area (Å²) in [5.74, 6) is 0. The van der Waals surface area contributed by atoms with Gasteiger partial charge >= 0.3 is 6.03 Å². The van der Waals surface area contributed by atoms with Gasteiger partial charge in [0.25, 0.3) is 0 Å². The molecule has 1 rings (SSSR count). The quantitative estimate of drug-likeness (QED) is 0.846. The van der Waals surface area contributed by atoms with Gasteiger partial charge in [-0.25, -0.2) is 4.79 Å². The number of carbonyl (C=O) groups is 1. The van der Waals surface area contributed by atoms with E-state index in [1.54, 1.807) is 4.90 Å². The first-order chi connectivity index (χ1) is 9.88. The Hall–Kier alpha value is -1.55. The maximum Gasteiger partial charge on any atom is 0.317 e. The van der Waals surface area contributed by atoms with Crippen molar-refractivity contribution in [2.24, 2.45) is 0 Å². The third-order valence-corrected chi connectivity index (χ3v) is 3.55. The van der Waals surface area contributed by atoms with Crippen molar-refractivity contribution < 1.29 is 9.90 Å². The van der Waals surface area contributed by atoms with Crippen LogP contribution in [0, 0.1) is 0 Å². The van der Waals surface area contributed by atoms with Gasteiger partial charge in [-0.05, 0) is 29.9 Å². The molecule has 0 aromatic heterocycles. The fraction of sp³-hybridized carbons (Fsp3) is 0.588. The van der Waals surface area contributed by atoms with Crippen LogP contribution in [0.4, 0.5) is 4.79 Å². The largest absolute Gasteiger partial charge is 0.395 e. The van der Waals surface area contributed by atoms with E-state index in [1.807, 2.05) is 6.92 Å². The molecule has 0 fully saturated rings. The van der Waals surface area contributed by atoms with Crippen molar-refractivity contribution in [3.05, 3.63) is 35.4 Å². The standard InChI is InChI=1S/C17H28N2O2/c1-5-19(12-13-20)16(21)18-11-10-14-6-8-15(9-7-14)17(2,3)4/h6-9,20H,5,10-13H2,1-4H3,(H,18,21). The summed E-state index contributed by atoms with van der Waals surface area (Å²) in [7, 11) is 0. The van der Waals surface area contributed by atoms with Crippen molar-refractivity contribution in [3.63, 3.8) is 0 Å². The lowest BCUT2D eigenvalue weighted by molar-refractivity contribution is 0.180. The van der Waals surface area contributed by atoms with Crippen molar-refractivity contribution in [2.75, 3.05) is 26.2 Å². The Kier molecular flexibility index (Phi) is 6.69. The van der Waals surface area contributed by atoms with Gasteiger partial charge in [0.15, 0.2) is 0 Å². The van der Waals surface area contributed by atoms with E-state index in [4.69, 9.17) is 5.11 Å². The van der Waals surface area contributed by atoms with E-state index < -0.39 is 0 Å². The van der Waals surface area contributed by atoms with Crippen LogP contribution in [0.15, 0.2) is 24.3 Å². The Balaban J connectivity index is 2.44. The maximum atomic E-state index is 11.8. The van der Waals surface area contributed by atoms with E-state index in [0.717, 1.165) is 6.42 Å². The summed E-state index contributed by atoms with van der Waals surface area (Å²) in [4.78, 5) is 13.4. The summed E-state index contributed by atoms with van der Waals surface area (Å²) in [6, 6.07) is 8.44. The topological polar surface area (TPSA) is 52.6 Å². The second-order valence-electron chi connectivity index (χ2n) is 6.23. The van der Waals surface area contributed by atoms with Gasteiger partial charge in [-0.1, -0.05) is 45.0 Å². The Morgan fingerprint density at radius 2 is 1.86 bits per heavy atom. The molecule has 0 bridgehead atoms. The van der Waals surface area contributed by atoms with Crippen LogP contribution >= 0.6 is 0 Å². The van der Waals surface area contributed by atoms with Gasteiger partial charge in [0, 0.05) is 19.6 Å². The Morgan fingerprint density at radius 3 is 2.33 bits per heavy atom. The molecule has 1 aromatic carbocycles. The molecule has 0 saturated carbocycles. The highest BCUT2D eigenvalue weighted by Crippen LogP contribution is 2.22. The monoisotopic (exact) mass is 292 g/mol. The molecule has 0 saturated heterocycles. The number of benzene rings is 1. The summed E-state index contributed by atoms with van der Waals surface area (Å²) in [5, 5.41) is 11.8. The van der Waals surface area contributed by atoms with E-state index in [0.29, 0.717) is 19.6 Å². The molecule has 0 heterocycles. The summed E-state index contributed by atoms with van der Waals surface area (Å²) < 4.78 is 0. The van der Waals surface area contributed by atoms with Gasteiger partial charge in [0.1, 0.15) is 0 Å². The van der Waals surface area contributed by atoms with E-state index in [-0.39, 0.29) is 18.1 Å². The van der Waals surface area contributed by atoms with Crippen molar-refractivity contribution in [2.45, 2.75) is 39.5 Å². The number of nitrogens with one attached hydrogen (secondary N) is 1. The van der Waals surface area contributed by atoms with Gasteiger partial charge in [0.2, 0.25) is 0 Å². The van der Waals surface area contributed by atoms with Crippen LogP contribution in [0.3, 0.4) is 0 Å². The Morgan fingerprint density at radius 1 is 1.24 bits per heavy atom. The summed E-state index contributed by atoms with van der Waals surface area (Å²) >= 11 is 0. The summed E-state index contributed by atoms with van der Waals surface area (Å²) in [5.41, 5.74) is 2.70. The van der Waals surface area contributed by atoms with Gasteiger partial charge in [-0.15, -0.1) is 0 Å². The third kappa shape index (κ3) is 5.76. The fourth-order valence-electron chi connectivity index (χ4n) is 2.12. The van der Waals surface area contributed by atoms with Gasteiger partial charge in [-0.2, -0.15) is 0 Å². The number of hydrogen-bond acceptors (Lipinski definition) is 2. The van der Waals surface area contributed by atoms with E-state index in [1.165, 1.54) is 11.1 Å². The van der Waals surface area contributed by atoms with Crippen LogP contribution in [-0.4, -0.2) is 42.3 Å². The van der Waals surface area contributed by atoms with Crippen molar-refractivity contribution in [3.8, 4) is 0 Å². The predicted molar refractivity (Wildman–Crippen MR) is 86.6 cm³/mol. The number of amides is 2. The molecule has 0 unspecified atom stereocenters. The zero-order valence-electron chi connectivity index (χ0n) is 13.6.